The molecule has 0 fully saturated rings. The maximum atomic E-state index is 10.6. The molecule has 6 N–H and O–H groups in total. The summed E-state index contributed by atoms with van der Waals surface area (Å²) >= 11 is 0. The van der Waals surface area contributed by atoms with Gasteiger partial charge in [-0.1, -0.05) is 22.5 Å². The Bertz CT molecular complexity index is 565. The van der Waals surface area contributed by atoms with Gasteiger partial charge in [-0.05, 0) is 18.6 Å². The highest BCUT2D eigenvalue weighted by Gasteiger charge is 2.10. The lowest BCUT2D eigenvalue weighted by molar-refractivity contribution is -0.139. The maximum absolute atomic E-state index is 10.6. The second-order valence-electron chi connectivity index (χ2n) is 2.74. The van der Waals surface area contributed by atoms with Gasteiger partial charge < -0.3 is 6.15 Å². The molecule has 1 rings (SSSR count). The molecule has 11 heteroatoms. The molecule has 9 nitrogen and oxygen atoms in total. The average molecular weight is 303 g/mol. The van der Waals surface area contributed by atoms with Crippen molar-refractivity contribution >= 4 is 20.5 Å². The Morgan fingerprint density at radius 3 is 1.67 bits per heavy atom. The van der Waals surface area contributed by atoms with Crippen LogP contribution in [0, 0.1) is 6.92 Å². The quantitative estimate of drug-likeness (QED) is 0.348. The van der Waals surface area contributed by atoms with Crippen molar-refractivity contribution in [1.29, 1.82) is 0 Å². The summed E-state index contributed by atoms with van der Waals surface area (Å²) in [5.41, 5.74) is 0.551. The van der Waals surface area contributed by atoms with Gasteiger partial charge in [0.2, 0.25) is 0 Å². The van der Waals surface area contributed by atoms with Gasteiger partial charge in [0.15, 0.2) is 0 Å². The summed E-state index contributed by atoms with van der Waals surface area (Å²) in [6.45, 7) is 1.63. The van der Waals surface area contributed by atoms with Crippen molar-refractivity contribution < 1.29 is 35.5 Å². The Morgan fingerprint density at radius 2 is 1.44 bits per heavy atom. The van der Waals surface area contributed by atoms with E-state index in [0.717, 1.165) is 0 Å². The Labute approximate surface area is 104 Å². The van der Waals surface area contributed by atoms with Gasteiger partial charge in [-0.2, -0.15) is 16.8 Å². The first-order valence-corrected chi connectivity index (χ1v) is 6.72. The normalized spacial score (nSPS) is 10.9. The molecule has 0 aliphatic rings. The van der Waals surface area contributed by atoms with Crippen molar-refractivity contribution in [2.75, 3.05) is 0 Å². The fraction of sp³-hybridized carbons (Fsp3) is 0.143. The van der Waals surface area contributed by atoms with E-state index in [9.17, 15) is 8.42 Å². The lowest BCUT2D eigenvalue weighted by Gasteiger charge is -1.99. The predicted molar refractivity (Wildman–Crippen MR) is 61.3 cm³/mol. The molecule has 0 amide bonds. The number of hydrogen-bond donors (Lipinski definition) is 4. The minimum Gasteiger partial charge on any atom is -0.344 e. The van der Waals surface area contributed by atoms with Crippen LogP contribution in [0.3, 0.4) is 0 Å². The van der Waals surface area contributed by atoms with Crippen molar-refractivity contribution in [3.05, 3.63) is 29.8 Å². The van der Waals surface area contributed by atoms with Crippen LogP contribution < -0.4 is 6.15 Å². The molecule has 0 atom stereocenters. The van der Waals surface area contributed by atoms with Gasteiger partial charge in [-0.3, -0.25) is 9.11 Å². The van der Waals surface area contributed by atoms with Gasteiger partial charge in [0.1, 0.15) is 0 Å². The summed E-state index contributed by atoms with van der Waals surface area (Å²) in [7, 11) is -8.64. The lowest BCUT2D eigenvalue weighted by Crippen LogP contribution is -1.99. The van der Waals surface area contributed by atoms with Crippen molar-refractivity contribution in [2.24, 2.45) is 0 Å². The van der Waals surface area contributed by atoms with E-state index in [1.807, 2.05) is 0 Å². The van der Waals surface area contributed by atoms with E-state index in [1.165, 1.54) is 6.07 Å². The SMILES string of the molecule is Cc1ccccc1S(=O)(=O)O.N.O=S(=O)(O)OO. The average Bonchev–Trinajstić information content (AvgIpc) is 2.16. The Balaban J connectivity index is 0. The summed E-state index contributed by atoms with van der Waals surface area (Å²) in [5.74, 6) is 0. The van der Waals surface area contributed by atoms with Crippen molar-refractivity contribution in [2.45, 2.75) is 11.8 Å². The van der Waals surface area contributed by atoms with Crippen LogP contribution in [0.15, 0.2) is 29.2 Å². The highest BCUT2D eigenvalue weighted by Crippen LogP contribution is 2.12. The predicted octanol–water partition coefficient (Wildman–Crippen LogP) is 0.683. The first kappa shape index (κ1) is 19.3. The van der Waals surface area contributed by atoms with Crippen LogP contribution in [-0.2, 0) is 24.9 Å². The van der Waals surface area contributed by atoms with Crippen LogP contribution in [0.5, 0.6) is 0 Å². The Kier molecular flexibility index (Phi) is 7.89. The van der Waals surface area contributed by atoms with E-state index < -0.39 is 20.5 Å². The first-order valence-electron chi connectivity index (χ1n) is 3.91. The smallest absolute Gasteiger partial charge is 0.344 e. The van der Waals surface area contributed by atoms with E-state index >= 15 is 0 Å². The lowest BCUT2D eigenvalue weighted by atomic mass is 10.2. The summed E-state index contributed by atoms with van der Waals surface area (Å²) in [6.07, 6.45) is 0. The molecule has 0 aliphatic heterocycles. The van der Waals surface area contributed by atoms with Gasteiger partial charge >= 0.3 is 10.4 Å². The third kappa shape index (κ3) is 8.08. The molecule has 0 spiro atoms. The van der Waals surface area contributed by atoms with Gasteiger partial charge in [-0.25, -0.2) is 5.26 Å². The molecule has 0 saturated heterocycles. The number of benzene rings is 1. The zero-order valence-corrected chi connectivity index (χ0v) is 10.8. The summed E-state index contributed by atoms with van der Waals surface area (Å²) in [4.78, 5) is -0.0278. The Hall–Kier alpha value is -1.08. The van der Waals surface area contributed by atoms with E-state index in [1.54, 1.807) is 25.1 Å². The van der Waals surface area contributed by atoms with E-state index in [-0.39, 0.29) is 11.0 Å². The molecule has 0 aliphatic carbocycles. The topological polar surface area (TPSA) is 173 Å². The second-order valence-corrected chi connectivity index (χ2v) is 5.14. The van der Waals surface area contributed by atoms with E-state index in [0.29, 0.717) is 5.56 Å². The molecular weight excluding hydrogens is 290 g/mol. The van der Waals surface area contributed by atoms with Crippen molar-refractivity contribution in [3.63, 3.8) is 0 Å². The molecule has 1 aromatic carbocycles. The van der Waals surface area contributed by atoms with Crippen LogP contribution >= 0.6 is 0 Å². The second kappa shape index (κ2) is 7.38. The number of rotatable bonds is 2. The van der Waals surface area contributed by atoms with E-state index in [2.05, 4.69) is 4.33 Å². The van der Waals surface area contributed by atoms with E-state index in [4.69, 9.17) is 22.8 Å². The third-order valence-corrected chi connectivity index (χ3v) is 2.67. The minimum atomic E-state index is -4.61. The standard InChI is InChI=1S/C7H8O3S.H3N.H2O5S/c1-6-4-2-3-5-7(6)11(8,9)10;;1-5-6(2,3)4/h2-5H,1H3,(H,8,9,10);1H3;1H,(H,2,3,4). The number of aryl methyl sites for hydroxylation is 1. The molecule has 1 aromatic rings. The van der Waals surface area contributed by atoms with Gasteiger partial charge in [-0.15, -0.1) is 0 Å². The zero-order valence-electron chi connectivity index (χ0n) is 9.22. The molecule has 0 saturated carbocycles. The maximum Gasteiger partial charge on any atom is 0.423 e. The highest BCUT2D eigenvalue weighted by molar-refractivity contribution is 7.85. The summed E-state index contributed by atoms with van der Waals surface area (Å²) in [5, 5.41) is 7.06. The Morgan fingerprint density at radius 1 is 1.06 bits per heavy atom. The van der Waals surface area contributed by atoms with Crippen LogP contribution in [-0.4, -0.2) is 31.2 Å². The zero-order chi connectivity index (χ0) is 13.7. The molecule has 0 heterocycles. The molecule has 18 heavy (non-hydrogen) atoms. The first-order chi connectivity index (χ1) is 7.58. The molecular formula is C7H13NO8S2. The highest BCUT2D eigenvalue weighted by atomic mass is 32.3. The fourth-order valence-electron chi connectivity index (χ4n) is 0.846. The van der Waals surface area contributed by atoms with Crippen LogP contribution in [0.1, 0.15) is 5.56 Å². The van der Waals surface area contributed by atoms with Gasteiger partial charge in [0.25, 0.3) is 10.1 Å². The van der Waals surface area contributed by atoms with Crippen LogP contribution in [0.4, 0.5) is 0 Å². The molecule has 106 valence electrons. The van der Waals surface area contributed by atoms with Gasteiger partial charge in [0, 0.05) is 0 Å². The molecule has 0 bridgehead atoms. The van der Waals surface area contributed by atoms with Crippen molar-refractivity contribution in [3.8, 4) is 0 Å². The van der Waals surface area contributed by atoms with Crippen molar-refractivity contribution in [1.82, 2.24) is 6.15 Å². The third-order valence-electron chi connectivity index (χ3n) is 1.47. The van der Waals surface area contributed by atoms with Gasteiger partial charge in [0.05, 0.1) is 4.90 Å². The molecule has 0 unspecified atom stereocenters. The molecule has 0 radical (unpaired) electrons. The summed E-state index contributed by atoms with van der Waals surface area (Å²) in [6, 6.07) is 6.27. The molecule has 0 aromatic heterocycles. The summed E-state index contributed by atoms with van der Waals surface area (Å²) < 4.78 is 57.8. The van der Waals surface area contributed by atoms with Crippen LogP contribution in [0.2, 0.25) is 0 Å². The number of hydrogen-bond acceptors (Lipinski definition) is 7. The van der Waals surface area contributed by atoms with Crippen LogP contribution in [0.25, 0.3) is 0 Å². The largest absolute Gasteiger partial charge is 0.423 e. The minimum absolute atomic E-state index is 0. The monoisotopic (exact) mass is 303 g/mol. The fourth-order valence-corrected chi connectivity index (χ4v) is 1.57.